The summed E-state index contributed by atoms with van der Waals surface area (Å²) in [6, 6.07) is 2.01. The summed E-state index contributed by atoms with van der Waals surface area (Å²) < 4.78 is 0. The Labute approximate surface area is 219 Å². The number of carbonyl (C=O) groups is 5. The van der Waals surface area contributed by atoms with E-state index in [1.165, 1.54) is 6.92 Å². The number of benzene rings is 1. The molecular formula is C25H36N6O7. The molecule has 1 aromatic carbocycles. The summed E-state index contributed by atoms with van der Waals surface area (Å²) in [5.74, 6) is -4.64. The van der Waals surface area contributed by atoms with Gasteiger partial charge in [-0.25, -0.2) is 4.79 Å². The maximum absolute atomic E-state index is 13.0. The standard InChI is InChI=1S/C25H36N6O7/c1-12(2)8-18(29-22(34)16(26)10-20(27)33)23(35)31-21(13(3)32)24(36)30-19(25(37)38)9-14-11-28-17-7-5-4-6-15(14)17/h4-7,11-13,16,18-19,21,28,32H,8-10,26H2,1-3H3,(H2,27,33)(H,29,34)(H,30,36)(H,31,35)(H,37,38). The third-order valence-corrected chi connectivity index (χ3v) is 5.87. The van der Waals surface area contributed by atoms with Crippen LogP contribution >= 0.6 is 0 Å². The van der Waals surface area contributed by atoms with Crippen LogP contribution in [0.25, 0.3) is 10.9 Å². The van der Waals surface area contributed by atoms with Crippen LogP contribution in [-0.2, 0) is 30.4 Å². The maximum Gasteiger partial charge on any atom is 0.326 e. The van der Waals surface area contributed by atoms with Crippen molar-refractivity contribution in [3.8, 4) is 0 Å². The Kier molecular flexibility index (Phi) is 10.8. The maximum atomic E-state index is 13.0. The number of H-pyrrole nitrogens is 1. The summed E-state index contributed by atoms with van der Waals surface area (Å²) in [6.07, 6.45) is -0.0482. The zero-order chi connectivity index (χ0) is 28.6. The highest BCUT2D eigenvalue weighted by Crippen LogP contribution is 2.19. The zero-order valence-electron chi connectivity index (χ0n) is 21.6. The van der Waals surface area contributed by atoms with E-state index in [1.54, 1.807) is 26.1 Å². The number of amides is 4. The number of aliphatic hydroxyl groups is 1. The predicted molar refractivity (Wildman–Crippen MR) is 138 cm³/mol. The Morgan fingerprint density at radius 1 is 0.947 bits per heavy atom. The number of carbonyl (C=O) groups excluding carboxylic acids is 4. The summed E-state index contributed by atoms with van der Waals surface area (Å²) in [7, 11) is 0. The van der Waals surface area contributed by atoms with Crippen molar-refractivity contribution < 1.29 is 34.2 Å². The molecule has 5 unspecified atom stereocenters. The number of primary amides is 1. The first kappa shape index (κ1) is 30.3. The lowest BCUT2D eigenvalue weighted by Crippen LogP contribution is -2.60. The summed E-state index contributed by atoms with van der Waals surface area (Å²) in [4.78, 5) is 64.5. The van der Waals surface area contributed by atoms with Gasteiger partial charge in [-0.1, -0.05) is 32.0 Å². The molecule has 0 aliphatic carbocycles. The van der Waals surface area contributed by atoms with E-state index in [9.17, 15) is 34.2 Å². The molecule has 0 saturated carbocycles. The molecule has 0 aliphatic heterocycles. The van der Waals surface area contributed by atoms with Crippen molar-refractivity contribution in [1.82, 2.24) is 20.9 Å². The number of aliphatic hydroxyl groups excluding tert-OH is 1. The fourth-order valence-corrected chi connectivity index (χ4v) is 3.93. The van der Waals surface area contributed by atoms with Crippen molar-refractivity contribution in [3.63, 3.8) is 0 Å². The Hall–Kier alpha value is -3.97. The van der Waals surface area contributed by atoms with Crippen LogP contribution in [0.5, 0.6) is 0 Å². The average Bonchev–Trinajstić information content (AvgIpc) is 3.23. The van der Waals surface area contributed by atoms with Crippen molar-refractivity contribution in [3.05, 3.63) is 36.0 Å². The molecule has 1 aromatic heterocycles. The van der Waals surface area contributed by atoms with Crippen molar-refractivity contribution in [2.75, 3.05) is 0 Å². The van der Waals surface area contributed by atoms with Crippen LogP contribution in [0.3, 0.4) is 0 Å². The van der Waals surface area contributed by atoms with Crippen LogP contribution < -0.4 is 27.4 Å². The number of aliphatic carboxylic acids is 1. The molecule has 0 bridgehead atoms. The van der Waals surface area contributed by atoms with E-state index in [0.29, 0.717) is 5.56 Å². The second-order valence-electron chi connectivity index (χ2n) is 9.66. The molecular weight excluding hydrogens is 496 g/mol. The fourth-order valence-electron chi connectivity index (χ4n) is 3.93. The molecule has 10 N–H and O–H groups in total. The number of para-hydroxylation sites is 1. The van der Waals surface area contributed by atoms with E-state index >= 15 is 0 Å². The number of nitrogens with one attached hydrogen (secondary N) is 4. The van der Waals surface area contributed by atoms with Gasteiger partial charge in [0.1, 0.15) is 18.1 Å². The number of aromatic amines is 1. The molecule has 0 radical (unpaired) electrons. The number of carboxylic acid groups (broad SMARTS) is 1. The Morgan fingerprint density at radius 2 is 1.58 bits per heavy atom. The van der Waals surface area contributed by atoms with Gasteiger partial charge in [0, 0.05) is 23.5 Å². The van der Waals surface area contributed by atoms with Crippen molar-refractivity contribution in [2.24, 2.45) is 17.4 Å². The summed E-state index contributed by atoms with van der Waals surface area (Å²) >= 11 is 0. The summed E-state index contributed by atoms with van der Waals surface area (Å²) in [5.41, 5.74) is 12.2. The molecule has 0 spiro atoms. The lowest BCUT2D eigenvalue weighted by molar-refractivity contribution is -0.143. The SMILES string of the molecule is CC(C)CC(NC(=O)C(N)CC(N)=O)C(=O)NC(C(=O)NC(Cc1c[nH]c2ccccc12)C(=O)O)C(C)O. The second kappa shape index (κ2) is 13.5. The van der Waals surface area contributed by atoms with Gasteiger partial charge in [-0.3, -0.25) is 19.2 Å². The van der Waals surface area contributed by atoms with Crippen molar-refractivity contribution in [2.45, 2.75) is 70.3 Å². The third kappa shape index (κ3) is 8.56. The molecule has 13 heteroatoms. The number of nitrogens with two attached hydrogens (primary N) is 2. The first-order valence-corrected chi connectivity index (χ1v) is 12.2. The van der Waals surface area contributed by atoms with Crippen LogP contribution in [-0.4, -0.2) is 75.1 Å². The van der Waals surface area contributed by atoms with Crippen LogP contribution in [0.15, 0.2) is 30.5 Å². The summed E-state index contributed by atoms with van der Waals surface area (Å²) in [6.45, 7) is 4.87. The normalized spacial score (nSPS) is 15.2. The molecule has 38 heavy (non-hydrogen) atoms. The van der Waals surface area contributed by atoms with Crippen molar-refractivity contribution >= 4 is 40.5 Å². The number of hydrogen-bond donors (Lipinski definition) is 8. The highest BCUT2D eigenvalue weighted by Gasteiger charge is 2.33. The minimum absolute atomic E-state index is 0.0463. The molecule has 0 fully saturated rings. The van der Waals surface area contributed by atoms with E-state index in [1.807, 2.05) is 18.2 Å². The van der Waals surface area contributed by atoms with Gasteiger partial charge in [-0.05, 0) is 30.9 Å². The highest BCUT2D eigenvalue weighted by molar-refractivity contribution is 5.95. The van der Waals surface area contributed by atoms with E-state index in [0.717, 1.165) is 10.9 Å². The lowest BCUT2D eigenvalue weighted by Gasteiger charge is -2.27. The first-order valence-electron chi connectivity index (χ1n) is 12.2. The number of hydrogen-bond acceptors (Lipinski definition) is 7. The van der Waals surface area contributed by atoms with Gasteiger partial charge < -0.3 is 42.6 Å². The van der Waals surface area contributed by atoms with Gasteiger partial charge in [0.2, 0.25) is 23.6 Å². The van der Waals surface area contributed by atoms with Gasteiger partial charge in [0.15, 0.2) is 0 Å². The predicted octanol–water partition coefficient (Wildman–Crippen LogP) is -1.12. The Balaban J connectivity index is 2.15. The van der Waals surface area contributed by atoms with Gasteiger partial charge in [-0.15, -0.1) is 0 Å². The third-order valence-electron chi connectivity index (χ3n) is 5.87. The number of fused-ring (bicyclic) bond motifs is 1. The topological polar surface area (TPSA) is 230 Å². The minimum atomic E-state index is -1.52. The smallest absolute Gasteiger partial charge is 0.326 e. The molecule has 4 amide bonds. The Bertz CT molecular complexity index is 1160. The van der Waals surface area contributed by atoms with E-state index < -0.39 is 66.3 Å². The largest absolute Gasteiger partial charge is 0.480 e. The van der Waals surface area contributed by atoms with E-state index in [-0.39, 0.29) is 18.8 Å². The van der Waals surface area contributed by atoms with Crippen molar-refractivity contribution in [1.29, 1.82) is 0 Å². The van der Waals surface area contributed by atoms with Gasteiger partial charge in [-0.2, -0.15) is 0 Å². The van der Waals surface area contributed by atoms with Crippen LogP contribution in [0.1, 0.15) is 39.2 Å². The van der Waals surface area contributed by atoms with Crippen LogP contribution in [0, 0.1) is 5.92 Å². The zero-order valence-corrected chi connectivity index (χ0v) is 21.6. The molecule has 2 rings (SSSR count). The van der Waals surface area contributed by atoms with Gasteiger partial charge in [0.05, 0.1) is 18.6 Å². The molecule has 208 valence electrons. The lowest BCUT2D eigenvalue weighted by atomic mass is 10.0. The quantitative estimate of drug-likeness (QED) is 0.148. The fraction of sp³-hybridized carbons (Fsp3) is 0.480. The number of aromatic nitrogens is 1. The van der Waals surface area contributed by atoms with E-state index in [2.05, 4.69) is 20.9 Å². The molecule has 5 atom stereocenters. The molecule has 0 saturated heterocycles. The monoisotopic (exact) mass is 532 g/mol. The van der Waals surface area contributed by atoms with Gasteiger partial charge >= 0.3 is 5.97 Å². The summed E-state index contributed by atoms with van der Waals surface area (Å²) in [5, 5.41) is 28.0. The molecule has 1 heterocycles. The molecule has 0 aliphatic rings. The van der Waals surface area contributed by atoms with E-state index in [4.69, 9.17) is 11.5 Å². The number of rotatable bonds is 14. The van der Waals surface area contributed by atoms with Crippen LogP contribution in [0.2, 0.25) is 0 Å². The van der Waals surface area contributed by atoms with Crippen LogP contribution in [0.4, 0.5) is 0 Å². The van der Waals surface area contributed by atoms with Gasteiger partial charge in [0.25, 0.3) is 0 Å². The number of carboxylic acids is 1. The molecule has 2 aromatic rings. The first-order chi connectivity index (χ1) is 17.8. The highest BCUT2D eigenvalue weighted by atomic mass is 16.4. The second-order valence-corrected chi connectivity index (χ2v) is 9.66. The minimum Gasteiger partial charge on any atom is -0.480 e. The average molecular weight is 533 g/mol. The molecule has 13 nitrogen and oxygen atoms in total. The Morgan fingerprint density at radius 3 is 2.16 bits per heavy atom.